The van der Waals surface area contributed by atoms with Crippen LogP contribution in [0, 0.1) is 11.3 Å². The Bertz CT molecular complexity index is 852. The lowest BCUT2D eigenvalue weighted by atomic mass is 9.93. The monoisotopic (exact) mass is 368 g/mol. The van der Waals surface area contributed by atoms with Crippen molar-refractivity contribution in [3.8, 4) is 6.07 Å². The number of amidine groups is 1. The van der Waals surface area contributed by atoms with E-state index in [0.29, 0.717) is 33.6 Å². The average molecular weight is 368 g/mol. The highest BCUT2D eigenvalue weighted by Crippen LogP contribution is 2.46. The SMILES string of the molecule is CCCC1=C(C(=O)OCC)[C@H](c2ccccc2)N2C(=N1)SC(C#N)=C2N. The van der Waals surface area contributed by atoms with Gasteiger partial charge in [0, 0.05) is 0 Å². The fraction of sp³-hybridized carbons (Fsp3) is 0.316. The van der Waals surface area contributed by atoms with Crippen molar-refractivity contribution in [1.29, 1.82) is 5.26 Å². The molecule has 3 rings (SSSR count). The Morgan fingerprint density at radius 3 is 2.73 bits per heavy atom. The van der Waals surface area contributed by atoms with E-state index in [9.17, 15) is 10.1 Å². The molecule has 2 heterocycles. The number of nitrogens with zero attached hydrogens (tertiary/aromatic N) is 3. The lowest BCUT2D eigenvalue weighted by molar-refractivity contribution is -0.139. The Morgan fingerprint density at radius 2 is 2.12 bits per heavy atom. The van der Waals surface area contributed by atoms with Gasteiger partial charge in [-0.2, -0.15) is 5.26 Å². The molecule has 0 spiro atoms. The van der Waals surface area contributed by atoms with E-state index in [4.69, 9.17) is 10.5 Å². The van der Waals surface area contributed by atoms with Crippen LogP contribution in [0.3, 0.4) is 0 Å². The average Bonchev–Trinajstić information content (AvgIpc) is 2.97. The minimum Gasteiger partial charge on any atom is -0.463 e. The summed E-state index contributed by atoms with van der Waals surface area (Å²) in [7, 11) is 0. The van der Waals surface area contributed by atoms with Gasteiger partial charge < -0.3 is 10.5 Å². The number of ether oxygens (including phenoxy) is 1. The van der Waals surface area contributed by atoms with Gasteiger partial charge in [-0.05, 0) is 30.7 Å². The van der Waals surface area contributed by atoms with Crippen LogP contribution in [0.2, 0.25) is 0 Å². The molecule has 1 atom stereocenters. The van der Waals surface area contributed by atoms with Crippen LogP contribution in [0.4, 0.5) is 0 Å². The smallest absolute Gasteiger partial charge is 0.338 e. The number of allylic oxidation sites excluding steroid dienone is 2. The molecule has 2 N–H and O–H groups in total. The third-order valence-electron chi connectivity index (χ3n) is 4.16. The first-order valence-corrected chi connectivity index (χ1v) is 9.34. The summed E-state index contributed by atoms with van der Waals surface area (Å²) in [5, 5.41) is 10.0. The van der Waals surface area contributed by atoms with Gasteiger partial charge in [-0.25, -0.2) is 9.79 Å². The van der Waals surface area contributed by atoms with Gasteiger partial charge in [0.25, 0.3) is 0 Å². The van der Waals surface area contributed by atoms with Gasteiger partial charge >= 0.3 is 5.97 Å². The topological polar surface area (TPSA) is 91.7 Å². The lowest BCUT2D eigenvalue weighted by Gasteiger charge is -2.35. The molecule has 1 aromatic carbocycles. The van der Waals surface area contributed by atoms with Crippen LogP contribution >= 0.6 is 11.8 Å². The summed E-state index contributed by atoms with van der Waals surface area (Å²) >= 11 is 1.24. The molecule has 2 aliphatic heterocycles. The van der Waals surface area contributed by atoms with Crippen LogP contribution in [0.15, 0.2) is 57.3 Å². The van der Waals surface area contributed by atoms with Gasteiger partial charge in [0.05, 0.1) is 23.9 Å². The summed E-state index contributed by atoms with van der Waals surface area (Å²) in [5.41, 5.74) is 8.33. The van der Waals surface area contributed by atoms with E-state index in [1.165, 1.54) is 11.8 Å². The number of rotatable bonds is 5. The fourth-order valence-electron chi connectivity index (χ4n) is 3.09. The minimum absolute atomic E-state index is 0.281. The highest BCUT2D eigenvalue weighted by Gasteiger charge is 2.43. The maximum Gasteiger partial charge on any atom is 0.338 e. The van der Waals surface area contributed by atoms with Gasteiger partial charge in [0.1, 0.15) is 16.8 Å². The molecule has 0 amide bonds. The second-order valence-corrected chi connectivity index (χ2v) is 6.81. The Balaban J connectivity index is 2.21. The molecular formula is C19H20N4O2S. The van der Waals surface area contributed by atoms with Gasteiger partial charge in [0.2, 0.25) is 0 Å². The number of aliphatic imine (C=N–C) groups is 1. The molecule has 0 saturated heterocycles. The molecule has 0 saturated carbocycles. The molecule has 7 heteroatoms. The van der Waals surface area contributed by atoms with Crippen LogP contribution in [0.1, 0.15) is 38.3 Å². The van der Waals surface area contributed by atoms with Crippen LogP contribution in [0.25, 0.3) is 0 Å². The summed E-state index contributed by atoms with van der Waals surface area (Å²) in [6.07, 6.45) is 1.49. The van der Waals surface area contributed by atoms with Crippen molar-refractivity contribution in [3.63, 3.8) is 0 Å². The molecule has 134 valence electrons. The number of fused-ring (bicyclic) bond motifs is 1. The Labute approximate surface area is 157 Å². The largest absolute Gasteiger partial charge is 0.463 e. The molecular weight excluding hydrogens is 348 g/mol. The number of esters is 1. The van der Waals surface area contributed by atoms with Crippen molar-refractivity contribution in [2.24, 2.45) is 10.7 Å². The minimum atomic E-state index is -0.456. The van der Waals surface area contributed by atoms with Crippen molar-refractivity contribution < 1.29 is 9.53 Å². The molecule has 26 heavy (non-hydrogen) atoms. The summed E-state index contributed by atoms with van der Waals surface area (Å²) in [5.74, 6) is -0.0711. The van der Waals surface area contributed by atoms with Gasteiger partial charge in [-0.1, -0.05) is 43.7 Å². The number of nitrogens with two attached hydrogens (primary N) is 1. The predicted octanol–water partition coefficient (Wildman–Crippen LogP) is 3.41. The number of nitriles is 1. The normalized spacial score (nSPS) is 19.2. The van der Waals surface area contributed by atoms with Crippen molar-refractivity contribution in [2.45, 2.75) is 32.7 Å². The van der Waals surface area contributed by atoms with E-state index >= 15 is 0 Å². The third kappa shape index (κ3) is 3.08. The maximum atomic E-state index is 12.8. The first-order chi connectivity index (χ1) is 12.6. The van der Waals surface area contributed by atoms with Crippen LogP contribution < -0.4 is 5.73 Å². The second kappa shape index (κ2) is 7.67. The lowest BCUT2D eigenvalue weighted by Crippen LogP contribution is -2.39. The predicted molar refractivity (Wildman–Crippen MR) is 101 cm³/mol. The molecule has 0 bridgehead atoms. The number of hydrogen-bond donors (Lipinski definition) is 1. The molecule has 0 aliphatic carbocycles. The number of carbonyl (C=O) groups excluding carboxylic acids is 1. The van der Waals surface area contributed by atoms with E-state index in [2.05, 4.69) is 11.1 Å². The molecule has 0 aromatic heterocycles. The molecule has 0 fully saturated rings. The highest BCUT2D eigenvalue weighted by atomic mass is 32.2. The zero-order valence-electron chi connectivity index (χ0n) is 14.7. The van der Waals surface area contributed by atoms with Crippen LogP contribution in [-0.4, -0.2) is 22.6 Å². The number of hydrogen-bond acceptors (Lipinski definition) is 7. The number of thioether (sulfide) groups is 1. The van der Waals surface area contributed by atoms with E-state index < -0.39 is 12.0 Å². The highest BCUT2D eigenvalue weighted by molar-refractivity contribution is 8.17. The zero-order chi connectivity index (χ0) is 18.7. The number of benzene rings is 1. The van der Waals surface area contributed by atoms with Crippen molar-refractivity contribution in [1.82, 2.24) is 4.90 Å². The summed E-state index contributed by atoms with van der Waals surface area (Å²) in [6, 6.07) is 11.3. The molecule has 0 radical (unpaired) electrons. The molecule has 2 aliphatic rings. The first-order valence-electron chi connectivity index (χ1n) is 8.53. The number of carbonyl (C=O) groups is 1. The van der Waals surface area contributed by atoms with Gasteiger partial charge in [0.15, 0.2) is 5.17 Å². The molecule has 6 nitrogen and oxygen atoms in total. The standard InChI is InChI=1S/C19H20N4O2S/c1-3-8-13-15(18(24)25-4-2)16(12-9-6-5-7-10-12)23-17(21)14(11-20)26-19(23)22-13/h5-7,9-10,16H,3-4,8,21H2,1-2H3/t16-/m0/s1. The van der Waals surface area contributed by atoms with Crippen molar-refractivity contribution in [3.05, 3.63) is 57.9 Å². The van der Waals surface area contributed by atoms with E-state index in [0.717, 1.165) is 12.0 Å². The van der Waals surface area contributed by atoms with Crippen LogP contribution in [0.5, 0.6) is 0 Å². The maximum absolute atomic E-state index is 12.8. The zero-order valence-corrected chi connectivity index (χ0v) is 15.5. The summed E-state index contributed by atoms with van der Waals surface area (Å²) in [4.78, 5) is 19.6. The van der Waals surface area contributed by atoms with Crippen molar-refractivity contribution >= 4 is 22.9 Å². The Hall–Kier alpha value is -2.72. The van der Waals surface area contributed by atoms with Gasteiger partial charge in [-0.3, -0.25) is 4.90 Å². The summed E-state index contributed by atoms with van der Waals surface area (Å²) < 4.78 is 5.33. The van der Waals surface area contributed by atoms with Crippen molar-refractivity contribution in [2.75, 3.05) is 6.61 Å². The molecule has 1 aromatic rings. The third-order valence-corrected chi connectivity index (χ3v) is 5.14. The van der Waals surface area contributed by atoms with E-state index in [-0.39, 0.29) is 6.61 Å². The van der Waals surface area contributed by atoms with E-state index in [1.807, 2.05) is 37.3 Å². The Kier molecular flexibility index (Phi) is 5.33. The van der Waals surface area contributed by atoms with Crippen LogP contribution in [-0.2, 0) is 9.53 Å². The molecule has 0 unspecified atom stereocenters. The second-order valence-electron chi connectivity index (χ2n) is 5.84. The fourth-order valence-corrected chi connectivity index (χ4v) is 3.98. The quantitative estimate of drug-likeness (QED) is 0.801. The van der Waals surface area contributed by atoms with Gasteiger partial charge in [-0.15, -0.1) is 0 Å². The Morgan fingerprint density at radius 1 is 1.38 bits per heavy atom. The summed E-state index contributed by atoms with van der Waals surface area (Å²) in [6.45, 7) is 4.10. The van der Waals surface area contributed by atoms with E-state index in [1.54, 1.807) is 11.8 Å². The first kappa shape index (κ1) is 18.1.